The Morgan fingerprint density at radius 3 is 2.06 bits per heavy atom. The standard InChI is InChI=1S/C13H28O3/c1-3-5-6-7-9-11(8-4-2)13(16)12(15)10-14/h11-16H,3-10H2,1-2H3. The van der Waals surface area contributed by atoms with E-state index >= 15 is 0 Å². The first-order valence-electron chi connectivity index (χ1n) is 6.64. The topological polar surface area (TPSA) is 60.7 Å². The molecule has 0 saturated heterocycles. The zero-order chi connectivity index (χ0) is 12.4. The highest BCUT2D eigenvalue weighted by molar-refractivity contribution is 4.75. The molecule has 0 saturated carbocycles. The van der Waals surface area contributed by atoms with E-state index in [-0.39, 0.29) is 12.5 Å². The van der Waals surface area contributed by atoms with Crippen molar-refractivity contribution in [2.45, 2.75) is 71.0 Å². The lowest BCUT2D eigenvalue weighted by Crippen LogP contribution is -2.36. The summed E-state index contributed by atoms with van der Waals surface area (Å²) < 4.78 is 0. The van der Waals surface area contributed by atoms with Gasteiger partial charge in [0.25, 0.3) is 0 Å². The van der Waals surface area contributed by atoms with Crippen molar-refractivity contribution in [2.75, 3.05) is 6.61 Å². The number of unbranched alkanes of at least 4 members (excludes halogenated alkanes) is 3. The SMILES string of the molecule is CCCCCCC(CCC)C(O)C(O)CO. The summed E-state index contributed by atoms with van der Waals surface area (Å²) >= 11 is 0. The molecule has 0 aromatic rings. The van der Waals surface area contributed by atoms with Crippen LogP contribution >= 0.6 is 0 Å². The lowest BCUT2D eigenvalue weighted by Gasteiger charge is -2.25. The molecule has 0 fully saturated rings. The molecule has 3 atom stereocenters. The molecule has 98 valence electrons. The third-order valence-corrected chi connectivity index (χ3v) is 3.15. The van der Waals surface area contributed by atoms with Gasteiger partial charge in [0, 0.05) is 0 Å². The maximum Gasteiger partial charge on any atom is 0.103 e. The van der Waals surface area contributed by atoms with Gasteiger partial charge in [-0.3, -0.25) is 0 Å². The van der Waals surface area contributed by atoms with E-state index in [1.54, 1.807) is 0 Å². The van der Waals surface area contributed by atoms with Gasteiger partial charge in [0.2, 0.25) is 0 Å². The van der Waals surface area contributed by atoms with E-state index < -0.39 is 12.2 Å². The van der Waals surface area contributed by atoms with Crippen molar-refractivity contribution in [2.24, 2.45) is 5.92 Å². The molecule has 16 heavy (non-hydrogen) atoms. The molecular weight excluding hydrogens is 204 g/mol. The lowest BCUT2D eigenvalue weighted by atomic mass is 9.88. The number of hydrogen-bond donors (Lipinski definition) is 3. The molecule has 0 bridgehead atoms. The van der Waals surface area contributed by atoms with Crippen LogP contribution in [-0.2, 0) is 0 Å². The molecule has 3 nitrogen and oxygen atoms in total. The molecule has 0 aliphatic heterocycles. The minimum atomic E-state index is -0.984. The smallest absolute Gasteiger partial charge is 0.103 e. The molecule has 0 heterocycles. The van der Waals surface area contributed by atoms with Crippen LogP contribution in [-0.4, -0.2) is 34.1 Å². The largest absolute Gasteiger partial charge is 0.394 e. The van der Waals surface area contributed by atoms with Crippen molar-refractivity contribution in [3.05, 3.63) is 0 Å². The van der Waals surface area contributed by atoms with Gasteiger partial charge in [-0.15, -0.1) is 0 Å². The van der Waals surface area contributed by atoms with Gasteiger partial charge in [-0.25, -0.2) is 0 Å². The summed E-state index contributed by atoms with van der Waals surface area (Å²) in [6.45, 7) is 3.90. The predicted octanol–water partition coefficient (Wildman–Crippen LogP) is 2.09. The van der Waals surface area contributed by atoms with Crippen LogP contribution in [0.15, 0.2) is 0 Å². The average Bonchev–Trinajstić information content (AvgIpc) is 2.31. The Morgan fingerprint density at radius 1 is 0.875 bits per heavy atom. The summed E-state index contributed by atoms with van der Waals surface area (Å²) in [6, 6.07) is 0. The first-order valence-corrected chi connectivity index (χ1v) is 6.64. The summed E-state index contributed by atoms with van der Waals surface area (Å²) in [5, 5.41) is 28.1. The second-order valence-electron chi connectivity index (χ2n) is 4.64. The van der Waals surface area contributed by atoms with Gasteiger partial charge < -0.3 is 15.3 Å². The van der Waals surface area contributed by atoms with E-state index in [4.69, 9.17) is 5.11 Å². The molecule has 0 rings (SSSR count). The number of hydrogen-bond acceptors (Lipinski definition) is 3. The van der Waals surface area contributed by atoms with Crippen LogP contribution in [0.3, 0.4) is 0 Å². The van der Waals surface area contributed by atoms with Gasteiger partial charge >= 0.3 is 0 Å². The van der Waals surface area contributed by atoms with Crippen molar-refractivity contribution in [1.82, 2.24) is 0 Å². The zero-order valence-electron chi connectivity index (χ0n) is 10.7. The van der Waals surface area contributed by atoms with Gasteiger partial charge in [0.05, 0.1) is 12.7 Å². The highest BCUT2D eigenvalue weighted by Gasteiger charge is 2.24. The summed E-state index contributed by atoms with van der Waals surface area (Å²) in [5.74, 6) is 0.129. The maximum atomic E-state index is 9.86. The normalized spacial score (nSPS) is 17.1. The van der Waals surface area contributed by atoms with Gasteiger partial charge in [-0.2, -0.15) is 0 Å². The van der Waals surface area contributed by atoms with E-state index in [1.165, 1.54) is 19.3 Å². The van der Waals surface area contributed by atoms with Crippen LogP contribution in [0.2, 0.25) is 0 Å². The van der Waals surface area contributed by atoms with Crippen molar-refractivity contribution >= 4 is 0 Å². The lowest BCUT2D eigenvalue weighted by molar-refractivity contribution is -0.0472. The number of aliphatic hydroxyl groups excluding tert-OH is 3. The Balaban J connectivity index is 3.94. The fourth-order valence-corrected chi connectivity index (χ4v) is 2.11. The molecule has 0 aromatic heterocycles. The van der Waals surface area contributed by atoms with E-state index in [9.17, 15) is 10.2 Å². The van der Waals surface area contributed by atoms with Crippen LogP contribution < -0.4 is 0 Å². The van der Waals surface area contributed by atoms with Crippen LogP contribution in [0.1, 0.15) is 58.8 Å². The van der Waals surface area contributed by atoms with E-state index in [0.717, 1.165) is 25.7 Å². The van der Waals surface area contributed by atoms with Crippen molar-refractivity contribution in [1.29, 1.82) is 0 Å². The molecule has 0 aliphatic carbocycles. The summed E-state index contributed by atoms with van der Waals surface area (Å²) in [7, 11) is 0. The van der Waals surface area contributed by atoms with Gasteiger partial charge in [-0.1, -0.05) is 46.0 Å². The second kappa shape index (κ2) is 10.1. The highest BCUT2D eigenvalue weighted by atomic mass is 16.4. The Kier molecular flexibility index (Phi) is 9.99. The first-order chi connectivity index (χ1) is 7.67. The molecule has 3 N–H and O–H groups in total. The van der Waals surface area contributed by atoms with Crippen LogP contribution in [0.25, 0.3) is 0 Å². The van der Waals surface area contributed by atoms with Crippen molar-refractivity contribution in [3.8, 4) is 0 Å². The minimum absolute atomic E-state index is 0.129. The predicted molar refractivity (Wildman–Crippen MR) is 66.3 cm³/mol. The summed E-state index contributed by atoms with van der Waals surface area (Å²) in [6.07, 6.45) is 5.86. The fourth-order valence-electron chi connectivity index (χ4n) is 2.11. The Morgan fingerprint density at radius 2 is 1.56 bits per heavy atom. The Bertz CT molecular complexity index is 150. The summed E-state index contributed by atoms with van der Waals surface area (Å²) in [4.78, 5) is 0. The Labute approximate surface area is 99.5 Å². The van der Waals surface area contributed by atoms with Gasteiger partial charge in [-0.05, 0) is 18.8 Å². The fraction of sp³-hybridized carbons (Fsp3) is 1.00. The average molecular weight is 232 g/mol. The van der Waals surface area contributed by atoms with Crippen LogP contribution in [0, 0.1) is 5.92 Å². The highest BCUT2D eigenvalue weighted by Crippen LogP contribution is 2.21. The van der Waals surface area contributed by atoms with Crippen LogP contribution in [0.5, 0.6) is 0 Å². The molecule has 0 amide bonds. The van der Waals surface area contributed by atoms with Crippen LogP contribution in [0.4, 0.5) is 0 Å². The maximum absolute atomic E-state index is 9.86. The summed E-state index contributed by atoms with van der Waals surface area (Å²) in [5.41, 5.74) is 0. The van der Waals surface area contributed by atoms with Gasteiger partial charge in [0.1, 0.15) is 6.10 Å². The molecular formula is C13H28O3. The minimum Gasteiger partial charge on any atom is -0.394 e. The molecule has 0 spiro atoms. The third kappa shape index (κ3) is 6.46. The molecule has 0 aromatic carbocycles. The van der Waals surface area contributed by atoms with Crippen molar-refractivity contribution in [3.63, 3.8) is 0 Å². The third-order valence-electron chi connectivity index (χ3n) is 3.15. The molecule has 3 unspecified atom stereocenters. The number of rotatable bonds is 10. The number of aliphatic hydroxyl groups is 3. The van der Waals surface area contributed by atoms with E-state index in [2.05, 4.69) is 13.8 Å². The Hall–Kier alpha value is -0.120. The second-order valence-corrected chi connectivity index (χ2v) is 4.64. The zero-order valence-corrected chi connectivity index (χ0v) is 10.7. The van der Waals surface area contributed by atoms with Crippen molar-refractivity contribution < 1.29 is 15.3 Å². The van der Waals surface area contributed by atoms with E-state index in [1.807, 2.05) is 0 Å². The van der Waals surface area contributed by atoms with Gasteiger partial charge in [0.15, 0.2) is 0 Å². The molecule has 0 radical (unpaired) electrons. The quantitative estimate of drug-likeness (QED) is 0.505. The molecule has 3 heteroatoms. The monoisotopic (exact) mass is 232 g/mol. The van der Waals surface area contributed by atoms with E-state index in [0.29, 0.717) is 0 Å². The first kappa shape index (κ1) is 15.9. The molecule has 0 aliphatic rings.